The van der Waals surface area contributed by atoms with Gasteiger partial charge in [-0.15, -0.1) is 0 Å². The first kappa shape index (κ1) is 16.4. The normalized spacial score (nSPS) is 17.1. The Balaban J connectivity index is 1.88. The first-order chi connectivity index (χ1) is 12.7. The van der Waals surface area contributed by atoms with Crippen LogP contribution >= 0.6 is 0 Å². The van der Waals surface area contributed by atoms with Crippen molar-refractivity contribution in [2.75, 3.05) is 28.1 Å². The fraction of sp³-hybridized carbons (Fsp3) is 0.300. The molecular formula is C20H20O6. The number of ether oxygens (including phenoxy) is 6. The minimum absolute atomic E-state index is 0.0260. The van der Waals surface area contributed by atoms with Crippen LogP contribution in [-0.2, 0) is 0 Å². The molecule has 136 valence electrons. The molecule has 0 saturated heterocycles. The van der Waals surface area contributed by atoms with Crippen LogP contribution in [0.15, 0.2) is 36.1 Å². The van der Waals surface area contributed by atoms with Crippen molar-refractivity contribution in [3.63, 3.8) is 0 Å². The van der Waals surface area contributed by atoms with E-state index in [1.54, 1.807) is 27.6 Å². The van der Waals surface area contributed by atoms with E-state index < -0.39 is 0 Å². The largest absolute Gasteiger partial charge is 0.493 e. The minimum Gasteiger partial charge on any atom is -0.493 e. The van der Waals surface area contributed by atoms with Crippen LogP contribution in [0.3, 0.4) is 0 Å². The molecule has 0 saturated carbocycles. The number of rotatable bonds is 4. The highest BCUT2D eigenvalue weighted by Crippen LogP contribution is 2.49. The molecule has 2 aromatic rings. The molecule has 1 atom stereocenters. The lowest BCUT2D eigenvalue weighted by molar-refractivity contribution is 0.174. The molecule has 0 amide bonds. The van der Waals surface area contributed by atoms with Crippen molar-refractivity contribution in [1.29, 1.82) is 0 Å². The van der Waals surface area contributed by atoms with Crippen LogP contribution in [0.2, 0.25) is 0 Å². The topological polar surface area (TPSA) is 55.4 Å². The highest BCUT2D eigenvalue weighted by molar-refractivity contribution is 5.62. The third kappa shape index (κ3) is 2.49. The first-order valence-corrected chi connectivity index (χ1v) is 8.23. The Morgan fingerprint density at radius 2 is 1.50 bits per heavy atom. The van der Waals surface area contributed by atoms with E-state index in [-0.39, 0.29) is 12.7 Å². The van der Waals surface area contributed by atoms with E-state index in [9.17, 15) is 0 Å². The molecule has 2 aliphatic heterocycles. The molecule has 0 radical (unpaired) electrons. The van der Waals surface area contributed by atoms with Crippen LogP contribution in [0, 0.1) is 0 Å². The molecule has 0 unspecified atom stereocenters. The summed E-state index contributed by atoms with van der Waals surface area (Å²) < 4.78 is 33.2. The first-order valence-electron chi connectivity index (χ1n) is 8.23. The third-order valence-electron chi connectivity index (χ3n) is 4.66. The summed E-state index contributed by atoms with van der Waals surface area (Å²) in [5, 5.41) is 0. The van der Waals surface area contributed by atoms with Gasteiger partial charge in [0.15, 0.2) is 23.0 Å². The fourth-order valence-electron chi connectivity index (χ4n) is 3.45. The second-order valence-electron chi connectivity index (χ2n) is 6.11. The van der Waals surface area contributed by atoms with Crippen LogP contribution in [0.4, 0.5) is 0 Å². The number of methoxy groups -OCH3 is 3. The number of fused-ring (bicyclic) bond motifs is 2. The maximum Gasteiger partial charge on any atom is 0.231 e. The quantitative estimate of drug-likeness (QED) is 0.829. The molecule has 0 fully saturated rings. The Bertz CT molecular complexity index is 861. The van der Waals surface area contributed by atoms with Crippen LogP contribution in [-0.4, -0.2) is 28.1 Å². The zero-order valence-corrected chi connectivity index (χ0v) is 15.1. The van der Waals surface area contributed by atoms with Crippen molar-refractivity contribution in [3.05, 3.63) is 47.2 Å². The molecule has 6 heteroatoms. The van der Waals surface area contributed by atoms with Gasteiger partial charge in [-0.2, -0.15) is 0 Å². The summed E-state index contributed by atoms with van der Waals surface area (Å²) >= 11 is 0. The minimum atomic E-state index is -0.0260. The smallest absolute Gasteiger partial charge is 0.231 e. The lowest BCUT2D eigenvalue weighted by Crippen LogP contribution is -2.11. The van der Waals surface area contributed by atoms with Crippen LogP contribution < -0.4 is 28.4 Å². The molecular weight excluding hydrogens is 336 g/mol. The second kappa shape index (κ2) is 6.37. The maximum atomic E-state index is 5.79. The summed E-state index contributed by atoms with van der Waals surface area (Å²) in [5.74, 6) is 3.94. The van der Waals surface area contributed by atoms with Gasteiger partial charge in [-0.1, -0.05) is 0 Å². The molecule has 0 bridgehead atoms. The number of hydrogen-bond acceptors (Lipinski definition) is 6. The summed E-state index contributed by atoms with van der Waals surface area (Å²) in [5.41, 5.74) is 3.07. The maximum absolute atomic E-state index is 5.79. The van der Waals surface area contributed by atoms with Gasteiger partial charge in [0.1, 0.15) is 5.75 Å². The van der Waals surface area contributed by atoms with Gasteiger partial charge in [-0.25, -0.2) is 0 Å². The van der Waals surface area contributed by atoms with E-state index in [0.717, 1.165) is 28.2 Å². The van der Waals surface area contributed by atoms with E-state index in [1.807, 2.05) is 31.2 Å². The van der Waals surface area contributed by atoms with Gasteiger partial charge in [-0.3, -0.25) is 0 Å². The Hall–Kier alpha value is -3.02. The summed E-state index contributed by atoms with van der Waals surface area (Å²) in [6, 6.07) is 7.76. The second-order valence-corrected chi connectivity index (χ2v) is 6.11. The Labute approximate surface area is 151 Å². The molecule has 0 aliphatic carbocycles. The zero-order chi connectivity index (χ0) is 18.3. The van der Waals surface area contributed by atoms with Gasteiger partial charge in [0.2, 0.25) is 12.5 Å². The molecule has 0 aromatic heterocycles. The monoisotopic (exact) mass is 356 g/mol. The Morgan fingerprint density at radius 1 is 0.846 bits per heavy atom. The fourth-order valence-corrected chi connectivity index (χ4v) is 3.45. The summed E-state index contributed by atoms with van der Waals surface area (Å²) in [6.07, 6.45) is 1.76. The Kier molecular flexibility index (Phi) is 4.03. The van der Waals surface area contributed by atoms with Crippen LogP contribution in [0.5, 0.6) is 34.5 Å². The van der Waals surface area contributed by atoms with E-state index in [1.165, 1.54) is 0 Å². The lowest BCUT2D eigenvalue weighted by Gasteiger charge is -2.27. The highest BCUT2D eigenvalue weighted by Gasteiger charge is 2.30. The van der Waals surface area contributed by atoms with Gasteiger partial charge in [0.05, 0.1) is 27.6 Å². The zero-order valence-electron chi connectivity index (χ0n) is 15.1. The Morgan fingerprint density at radius 3 is 2.12 bits per heavy atom. The molecule has 0 spiro atoms. The molecule has 0 N–H and O–H groups in total. The van der Waals surface area contributed by atoms with E-state index >= 15 is 0 Å². The van der Waals surface area contributed by atoms with E-state index in [0.29, 0.717) is 23.0 Å². The molecule has 26 heavy (non-hydrogen) atoms. The number of hydrogen-bond donors (Lipinski definition) is 0. The SMILES string of the molecule is COc1cc([C@H]2C(C)=COc3cc4c(cc32)OCO4)cc(OC)c1OC. The van der Waals surface area contributed by atoms with E-state index in [4.69, 9.17) is 28.4 Å². The van der Waals surface area contributed by atoms with Crippen LogP contribution in [0.25, 0.3) is 0 Å². The number of benzene rings is 2. The van der Waals surface area contributed by atoms with E-state index in [2.05, 4.69) is 0 Å². The lowest BCUT2D eigenvalue weighted by atomic mass is 9.84. The van der Waals surface area contributed by atoms with Gasteiger partial charge < -0.3 is 28.4 Å². The van der Waals surface area contributed by atoms with Crippen molar-refractivity contribution < 1.29 is 28.4 Å². The highest BCUT2D eigenvalue weighted by atomic mass is 16.7. The molecule has 2 aliphatic rings. The van der Waals surface area contributed by atoms with Gasteiger partial charge in [0.25, 0.3) is 0 Å². The summed E-state index contributed by atoms with van der Waals surface area (Å²) in [6.45, 7) is 2.25. The average molecular weight is 356 g/mol. The summed E-state index contributed by atoms with van der Waals surface area (Å²) in [4.78, 5) is 0. The summed E-state index contributed by atoms with van der Waals surface area (Å²) in [7, 11) is 4.81. The molecule has 4 rings (SSSR count). The molecule has 2 aromatic carbocycles. The molecule has 2 heterocycles. The van der Waals surface area contributed by atoms with Crippen molar-refractivity contribution in [1.82, 2.24) is 0 Å². The van der Waals surface area contributed by atoms with Crippen molar-refractivity contribution in [2.45, 2.75) is 12.8 Å². The average Bonchev–Trinajstić information content (AvgIpc) is 3.12. The third-order valence-corrected chi connectivity index (χ3v) is 4.66. The van der Waals surface area contributed by atoms with Crippen LogP contribution in [0.1, 0.15) is 24.0 Å². The van der Waals surface area contributed by atoms with Gasteiger partial charge in [-0.05, 0) is 36.3 Å². The predicted octanol–water partition coefficient (Wildman–Crippen LogP) is 3.87. The molecule has 6 nitrogen and oxygen atoms in total. The van der Waals surface area contributed by atoms with Gasteiger partial charge >= 0.3 is 0 Å². The van der Waals surface area contributed by atoms with Crippen molar-refractivity contribution in [3.8, 4) is 34.5 Å². The predicted molar refractivity (Wildman–Crippen MR) is 94.9 cm³/mol. The standard InChI is InChI=1S/C20H20O6/c1-11-9-24-14-8-16-15(25-10-26-16)7-13(14)19(11)12-5-17(21-2)20(23-4)18(6-12)22-3/h5-9,19H,10H2,1-4H3/t19-/m1/s1. The van der Waals surface area contributed by atoms with Crippen molar-refractivity contribution in [2.24, 2.45) is 0 Å². The van der Waals surface area contributed by atoms with Gasteiger partial charge in [0, 0.05) is 17.5 Å². The van der Waals surface area contributed by atoms with Crippen molar-refractivity contribution >= 4 is 0 Å². The number of allylic oxidation sites excluding steroid dienone is 1.